The number of hydrogen-bond donors (Lipinski definition) is 1. The number of sulfone groups is 1. The van der Waals surface area contributed by atoms with Crippen LogP contribution in [0.1, 0.15) is 21.5 Å². The topological polar surface area (TPSA) is 195 Å². The molecule has 0 aromatic heterocycles. The van der Waals surface area contributed by atoms with Gasteiger partial charge in [0.25, 0.3) is 11.4 Å². The first-order valence-corrected chi connectivity index (χ1v) is 13.2. The highest BCUT2D eigenvalue weighted by atomic mass is 32.2. The third-order valence-corrected chi connectivity index (χ3v) is 7.12. The van der Waals surface area contributed by atoms with Crippen LogP contribution in [0.3, 0.4) is 0 Å². The zero-order valence-electron chi connectivity index (χ0n) is 22.1. The molecule has 3 aromatic carbocycles. The lowest BCUT2D eigenvalue weighted by Crippen LogP contribution is -2.07. The Bertz CT molecular complexity index is 1600. The molecule has 0 aliphatic carbocycles. The summed E-state index contributed by atoms with van der Waals surface area (Å²) < 4.78 is 47.2. The maximum absolute atomic E-state index is 13.1. The van der Waals surface area contributed by atoms with Crippen LogP contribution in [0.25, 0.3) is 17.2 Å². The lowest BCUT2D eigenvalue weighted by molar-refractivity contribution is -0.393. The van der Waals surface area contributed by atoms with Gasteiger partial charge in [0.15, 0.2) is 9.84 Å². The molecule has 3 rings (SSSR count). The molecule has 0 aliphatic heterocycles. The van der Waals surface area contributed by atoms with Crippen LogP contribution in [0.15, 0.2) is 47.9 Å². The Kier molecular flexibility index (Phi) is 9.14. The summed E-state index contributed by atoms with van der Waals surface area (Å²) in [6, 6.07) is 8.33. The summed E-state index contributed by atoms with van der Waals surface area (Å²) in [4.78, 5) is 33.2. The van der Waals surface area contributed by atoms with Crippen molar-refractivity contribution in [2.75, 3.05) is 28.4 Å². The third kappa shape index (κ3) is 6.70. The summed E-state index contributed by atoms with van der Waals surface area (Å²) in [5, 5.41) is 33.8. The quantitative estimate of drug-likeness (QED) is 0.230. The number of rotatable bonds is 12. The molecule has 41 heavy (non-hydrogen) atoms. The highest BCUT2D eigenvalue weighted by Crippen LogP contribution is 2.42. The van der Waals surface area contributed by atoms with E-state index in [4.69, 9.17) is 18.9 Å². The smallest absolute Gasteiger partial charge is 0.336 e. The molecule has 0 bridgehead atoms. The monoisotopic (exact) mass is 588 g/mol. The minimum absolute atomic E-state index is 0.0196. The number of nitrogens with zero attached hydrogens (tertiary/aromatic N) is 2. The van der Waals surface area contributed by atoms with Crippen molar-refractivity contribution in [2.45, 2.75) is 5.75 Å². The fraction of sp³-hybridized carbons (Fsp3) is 0.192. The maximum Gasteiger partial charge on any atom is 0.336 e. The van der Waals surface area contributed by atoms with Gasteiger partial charge in [0, 0.05) is 29.2 Å². The molecule has 0 amide bonds. The van der Waals surface area contributed by atoms with Crippen molar-refractivity contribution in [2.24, 2.45) is 0 Å². The normalized spacial score (nSPS) is 11.2. The molecule has 0 heterocycles. The minimum Gasteiger partial charge on any atom is -0.496 e. The van der Waals surface area contributed by atoms with E-state index in [0.29, 0.717) is 23.4 Å². The molecule has 0 unspecified atom stereocenters. The molecule has 0 atom stereocenters. The molecule has 15 heteroatoms. The van der Waals surface area contributed by atoms with Gasteiger partial charge in [-0.3, -0.25) is 20.2 Å². The first-order valence-electron chi connectivity index (χ1n) is 11.4. The standard InChI is InChI=1S/C26H24N2O12S/c1-37-17-12-23(39-3)18(24(13-17)40-4)7-8-41(35,36)14-15-5-6-22(38-2)19(9-15)25-20(26(29)30)10-16(27(31)32)11-21(25)28(33)34/h5-13H,14H2,1-4H3,(H,29,30). The number of non-ortho nitro benzene ring substituents is 1. The highest BCUT2D eigenvalue weighted by Gasteiger charge is 2.30. The second-order valence-electron chi connectivity index (χ2n) is 8.30. The predicted octanol–water partition coefficient (Wildman–Crippen LogP) is 4.49. The number of aromatic carboxylic acids is 1. The van der Waals surface area contributed by atoms with Crippen LogP contribution >= 0.6 is 0 Å². The van der Waals surface area contributed by atoms with E-state index in [9.17, 15) is 38.5 Å². The molecular formula is C26H24N2O12S. The molecular weight excluding hydrogens is 564 g/mol. The Hall–Kier alpha value is -5.18. The molecule has 0 radical (unpaired) electrons. The molecule has 14 nitrogen and oxygen atoms in total. The van der Waals surface area contributed by atoms with Crippen LogP contribution in [-0.2, 0) is 15.6 Å². The van der Waals surface area contributed by atoms with Crippen LogP contribution in [-0.4, -0.2) is 57.8 Å². The summed E-state index contributed by atoms with van der Waals surface area (Å²) in [5.74, 6) is -1.29. The molecule has 0 fully saturated rings. The highest BCUT2D eigenvalue weighted by molar-refractivity contribution is 7.93. The van der Waals surface area contributed by atoms with E-state index < -0.39 is 53.9 Å². The van der Waals surface area contributed by atoms with Crippen LogP contribution in [0.4, 0.5) is 11.4 Å². The van der Waals surface area contributed by atoms with Crippen LogP contribution < -0.4 is 18.9 Å². The molecule has 0 saturated heterocycles. The van der Waals surface area contributed by atoms with Crippen LogP contribution in [0.5, 0.6) is 23.0 Å². The van der Waals surface area contributed by atoms with Crippen molar-refractivity contribution in [3.8, 4) is 34.1 Å². The van der Waals surface area contributed by atoms with Gasteiger partial charge in [-0.2, -0.15) is 0 Å². The SMILES string of the molecule is COc1cc(OC)c(C=CS(=O)(=O)Cc2ccc(OC)c(-c3c(C(=O)O)cc([N+](=O)[O-])cc3[N+](=O)[O-])c2)c(OC)c1. The van der Waals surface area contributed by atoms with Gasteiger partial charge < -0.3 is 24.1 Å². The Labute approximate surface area is 233 Å². The van der Waals surface area contributed by atoms with E-state index in [1.807, 2.05) is 0 Å². The number of nitro groups is 2. The Morgan fingerprint density at radius 1 is 0.878 bits per heavy atom. The summed E-state index contributed by atoms with van der Waals surface area (Å²) in [6.45, 7) is 0. The molecule has 216 valence electrons. The Morgan fingerprint density at radius 2 is 1.49 bits per heavy atom. The summed E-state index contributed by atoms with van der Waals surface area (Å²) in [5.41, 5.74) is -2.57. The van der Waals surface area contributed by atoms with Crippen molar-refractivity contribution >= 4 is 33.3 Å². The van der Waals surface area contributed by atoms with E-state index in [1.54, 1.807) is 12.1 Å². The zero-order valence-corrected chi connectivity index (χ0v) is 23.0. The summed E-state index contributed by atoms with van der Waals surface area (Å²) in [7, 11) is 1.46. The van der Waals surface area contributed by atoms with E-state index in [2.05, 4.69) is 0 Å². The largest absolute Gasteiger partial charge is 0.496 e. The van der Waals surface area contributed by atoms with Gasteiger partial charge in [0.2, 0.25) is 0 Å². The Balaban J connectivity index is 2.13. The number of carbonyl (C=O) groups is 1. The minimum atomic E-state index is -3.99. The number of nitro benzene ring substituents is 2. The summed E-state index contributed by atoms with van der Waals surface area (Å²) in [6.07, 6.45) is 1.28. The van der Waals surface area contributed by atoms with E-state index in [0.717, 1.165) is 5.41 Å². The fourth-order valence-corrected chi connectivity index (χ4v) is 5.09. The number of carboxylic acids is 1. The van der Waals surface area contributed by atoms with Gasteiger partial charge in [-0.25, -0.2) is 13.2 Å². The number of benzene rings is 3. The number of hydrogen-bond acceptors (Lipinski definition) is 11. The Morgan fingerprint density at radius 3 is 1.98 bits per heavy atom. The first-order chi connectivity index (χ1) is 19.3. The van der Waals surface area contributed by atoms with Crippen molar-refractivity contribution in [1.29, 1.82) is 0 Å². The van der Waals surface area contributed by atoms with Crippen LogP contribution in [0.2, 0.25) is 0 Å². The number of methoxy groups -OCH3 is 4. The lowest BCUT2D eigenvalue weighted by Gasteiger charge is -2.14. The van der Waals surface area contributed by atoms with Gasteiger partial charge in [0.05, 0.1) is 66.8 Å². The second-order valence-corrected chi connectivity index (χ2v) is 10.2. The van der Waals surface area contributed by atoms with Crippen molar-refractivity contribution in [1.82, 2.24) is 0 Å². The van der Waals surface area contributed by atoms with Gasteiger partial charge in [-0.05, 0) is 23.8 Å². The van der Waals surface area contributed by atoms with Gasteiger partial charge in [-0.1, -0.05) is 6.07 Å². The molecule has 3 aromatic rings. The van der Waals surface area contributed by atoms with Crippen molar-refractivity contribution < 1.29 is 47.1 Å². The number of ether oxygens (including phenoxy) is 4. The second kappa shape index (κ2) is 12.3. The molecule has 0 saturated carbocycles. The summed E-state index contributed by atoms with van der Waals surface area (Å²) >= 11 is 0. The lowest BCUT2D eigenvalue weighted by atomic mass is 9.95. The van der Waals surface area contributed by atoms with Crippen molar-refractivity contribution in [3.63, 3.8) is 0 Å². The van der Waals surface area contributed by atoms with E-state index >= 15 is 0 Å². The van der Waals surface area contributed by atoms with Gasteiger partial charge in [0.1, 0.15) is 23.0 Å². The average molecular weight is 589 g/mol. The predicted molar refractivity (Wildman–Crippen MR) is 146 cm³/mol. The van der Waals surface area contributed by atoms with Gasteiger partial charge in [-0.15, -0.1) is 0 Å². The maximum atomic E-state index is 13.1. The third-order valence-electron chi connectivity index (χ3n) is 5.84. The fourth-order valence-electron chi connectivity index (χ4n) is 4.00. The van der Waals surface area contributed by atoms with E-state index in [1.165, 1.54) is 52.7 Å². The van der Waals surface area contributed by atoms with Crippen LogP contribution in [0, 0.1) is 20.2 Å². The number of carboxylic acid groups (broad SMARTS) is 1. The van der Waals surface area contributed by atoms with Gasteiger partial charge >= 0.3 is 5.97 Å². The molecule has 0 aliphatic rings. The molecule has 0 spiro atoms. The van der Waals surface area contributed by atoms with Crippen molar-refractivity contribution in [3.05, 3.63) is 84.8 Å². The molecule has 1 N–H and O–H groups in total. The average Bonchev–Trinajstić information content (AvgIpc) is 2.94. The van der Waals surface area contributed by atoms with E-state index in [-0.39, 0.29) is 28.4 Å². The zero-order chi connectivity index (χ0) is 30.5. The first kappa shape index (κ1) is 30.4.